The molecule has 0 radical (unpaired) electrons. The molecule has 0 spiro atoms. The SMILES string of the molecule is Cc1ccc2c(c1)CCCN2CC(=O)NC(=O)NCc1ccco1. The molecule has 1 aromatic heterocycles. The van der Waals surface area contributed by atoms with Gasteiger partial charge in [0.15, 0.2) is 0 Å². The molecule has 0 saturated heterocycles. The minimum Gasteiger partial charge on any atom is -0.467 e. The van der Waals surface area contributed by atoms with Crippen molar-refractivity contribution in [3.63, 3.8) is 0 Å². The molecule has 2 aromatic rings. The summed E-state index contributed by atoms with van der Waals surface area (Å²) >= 11 is 0. The van der Waals surface area contributed by atoms with Crippen LogP contribution in [0.15, 0.2) is 41.0 Å². The summed E-state index contributed by atoms with van der Waals surface area (Å²) in [4.78, 5) is 25.9. The van der Waals surface area contributed by atoms with Crippen LogP contribution in [0.5, 0.6) is 0 Å². The molecule has 6 heteroatoms. The molecule has 24 heavy (non-hydrogen) atoms. The number of aryl methyl sites for hydroxylation is 2. The second kappa shape index (κ2) is 7.21. The quantitative estimate of drug-likeness (QED) is 0.904. The van der Waals surface area contributed by atoms with Gasteiger partial charge in [-0.3, -0.25) is 10.1 Å². The Labute approximate surface area is 140 Å². The van der Waals surface area contributed by atoms with Crippen LogP contribution in [0.25, 0.3) is 0 Å². The van der Waals surface area contributed by atoms with E-state index in [0.717, 1.165) is 25.1 Å². The number of imide groups is 1. The molecule has 1 aliphatic rings. The van der Waals surface area contributed by atoms with Crippen molar-refractivity contribution in [1.29, 1.82) is 0 Å². The Morgan fingerprint density at radius 1 is 1.29 bits per heavy atom. The Bertz CT molecular complexity index is 725. The summed E-state index contributed by atoms with van der Waals surface area (Å²) in [6, 6.07) is 9.25. The normalized spacial score (nSPS) is 13.3. The minimum absolute atomic E-state index is 0.171. The molecule has 1 aromatic carbocycles. The first-order valence-corrected chi connectivity index (χ1v) is 8.06. The number of rotatable bonds is 4. The Morgan fingerprint density at radius 2 is 2.17 bits per heavy atom. The Kier molecular flexibility index (Phi) is 4.84. The minimum atomic E-state index is -0.516. The van der Waals surface area contributed by atoms with Gasteiger partial charge in [0.25, 0.3) is 0 Å². The van der Waals surface area contributed by atoms with Crippen molar-refractivity contribution in [1.82, 2.24) is 10.6 Å². The zero-order chi connectivity index (χ0) is 16.9. The molecular formula is C18H21N3O3. The third-order valence-corrected chi connectivity index (χ3v) is 4.04. The number of urea groups is 1. The zero-order valence-electron chi connectivity index (χ0n) is 13.7. The van der Waals surface area contributed by atoms with Gasteiger partial charge in [0.05, 0.1) is 19.4 Å². The lowest BCUT2D eigenvalue weighted by Gasteiger charge is -2.30. The van der Waals surface area contributed by atoms with Crippen LogP contribution in [0.2, 0.25) is 0 Å². The first-order valence-electron chi connectivity index (χ1n) is 8.06. The molecule has 0 atom stereocenters. The number of carbonyl (C=O) groups is 2. The topological polar surface area (TPSA) is 74.6 Å². The number of nitrogens with one attached hydrogen (secondary N) is 2. The number of carbonyl (C=O) groups excluding carboxylic acids is 2. The van der Waals surface area contributed by atoms with Gasteiger partial charge < -0.3 is 14.6 Å². The van der Waals surface area contributed by atoms with E-state index in [4.69, 9.17) is 4.42 Å². The smallest absolute Gasteiger partial charge is 0.321 e. The van der Waals surface area contributed by atoms with Crippen molar-refractivity contribution in [2.45, 2.75) is 26.3 Å². The van der Waals surface area contributed by atoms with Gasteiger partial charge in [-0.15, -0.1) is 0 Å². The lowest BCUT2D eigenvalue weighted by molar-refractivity contribution is -0.118. The van der Waals surface area contributed by atoms with E-state index in [-0.39, 0.29) is 19.0 Å². The fraction of sp³-hybridized carbons (Fsp3) is 0.333. The number of nitrogens with zero attached hydrogens (tertiary/aromatic N) is 1. The number of benzene rings is 1. The lowest BCUT2D eigenvalue weighted by Crippen LogP contribution is -2.45. The van der Waals surface area contributed by atoms with E-state index in [2.05, 4.69) is 23.6 Å². The van der Waals surface area contributed by atoms with E-state index in [1.165, 1.54) is 17.4 Å². The fourth-order valence-electron chi connectivity index (χ4n) is 2.93. The average Bonchev–Trinajstić information content (AvgIpc) is 3.06. The highest BCUT2D eigenvalue weighted by atomic mass is 16.3. The van der Waals surface area contributed by atoms with E-state index in [1.54, 1.807) is 12.1 Å². The van der Waals surface area contributed by atoms with Crippen LogP contribution in [-0.4, -0.2) is 25.0 Å². The fourth-order valence-corrected chi connectivity index (χ4v) is 2.93. The lowest BCUT2D eigenvalue weighted by atomic mass is 9.99. The summed E-state index contributed by atoms with van der Waals surface area (Å²) in [5.74, 6) is 0.318. The molecule has 6 nitrogen and oxygen atoms in total. The molecule has 3 amide bonds. The summed E-state index contributed by atoms with van der Waals surface area (Å²) in [5.41, 5.74) is 3.56. The summed E-state index contributed by atoms with van der Waals surface area (Å²) < 4.78 is 5.12. The number of hydrogen-bond acceptors (Lipinski definition) is 4. The summed E-state index contributed by atoms with van der Waals surface area (Å²) in [5, 5.41) is 4.96. The molecule has 0 bridgehead atoms. The van der Waals surface area contributed by atoms with Crippen LogP contribution in [0.1, 0.15) is 23.3 Å². The predicted octanol–water partition coefficient (Wildman–Crippen LogP) is 2.37. The second-order valence-corrected chi connectivity index (χ2v) is 5.97. The second-order valence-electron chi connectivity index (χ2n) is 5.97. The van der Waals surface area contributed by atoms with Crippen LogP contribution in [0.4, 0.5) is 10.5 Å². The highest BCUT2D eigenvalue weighted by Crippen LogP contribution is 2.27. The van der Waals surface area contributed by atoms with Gasteiger partial charge in [-0.2, -0.15) is 0 Å². The van der Waals surface area contributed by atoms with Gasteiger partial charge in [0.1, 0.15) is 5.76 Å². The maximum atomic E-state index is 12.1. The van der Waals surface area contributed by atoms with E-state index < -0.39 is 6.03 Å². The maximum Gasteiger partial charge on any atom is 0.321 e. The van der Waals surface area contributed by atoms with Crippen LogP contribution in [0.3, 0.4) is 0 Å². The number of furan rings is 1. The molecule has 3 rings (SSSR count). The summed E-state index contributed by atoms with van der Waals surface area (Å²) in [6.07, 6.45) is 3.57. The average molecular weight is 327 g/mol. The van der Waals surface area contributed by atoms with E-state index in [9.17, 15) is 9.59 Å². The molecule has 0 saturated carbocycles. The molecule has 1 aliphatic heterocycles. The van der Waals surface area contributed by atoms with Crippen molar-refractivity contribution in [2.75, 3.05) is 18.0 Å². The van der Waals surface area contributed by atoms with Crippen LogP contribution < -0.4 is 15.5 Å². The van der Waals surface area contributed by atoms with Gasteiger partial charge in [0.2, 0.25) is 5.91 Å². The van der Waals surface area contributed by atoms with Gasteiger partial charge in [-0.05, 0) is 43.5 Å². The van der Waals surface area contributed by atoms with E-state index >= 15 is 0 Å². The van der Waals surface area contributed by atoms with E-state index in [1.807, 2.05) is 17.0 Å². The number of hydrogen-bond donors (Lipinski definition) is 2. The van der Waals surface area contributed by atoms with Crippen LogP contribution in [-0.2, 0) is 17.8 Å². The van der Waals surface area contributed by atoms with Crippen molar-refractivity contribution in [3.8, 4) is 0 Å². The zero-order valence-corrected chi connectivity index (χ0v) is 13.7. The Hall–Kier alpha value is -2.76. The maximum absolute atomic E-state index is 12.1. The largest absolute Gasteiger partial charge is 0.467 e. The van der Waals surface area contributed by atoms with Gasteiger partial charge >= 0.3 is 6.03 Å². The van der Waals surface area contributed by atoms with Crippen molar-refractivity contribution in [3.05, 3.63) is 53.5 Å². The molecule has 0 unspecified atom stereocenters. The summed E-state index contributed by atoms with van der Waals surface area (Å²) in [6.45, 7) is 3.30. The van der Waals surface area contributed by atoms with Crippen LogP contribution in [0, 0.1) is 6.92 Å². The number of amides is 3. The van der Waals surface area contributed by atoms with Gasteiger partial charge in [-0.25, -0.2) is 4.79 Å². The Morgan fingerprint density at radius 3 is 2.96 bits per heavy atom. The third kappa shape index (κ3) is 3.95. The molecule has 0 aliphatic carbocycles. The Balaban J connectivity index is 1.53. The van der Waals surface area contributed by atoms with Gasteiger partial charge in [-0.1, -0.05) is 17.7 Å². The van der Waals surface area contributed by atoms with Crippen molar-refractivity contribution in [2.24, 2.45) is 0 Å². The summed E-state index contributed by atoms with van der Waals surface area (Å²) in [7, 11) is 0. The highest BCUT2D eigenvalue weighted by molar-refractivity contribution is 5.96. The van der Waals surface area contributed by atoms with Crippen LogP contribution >= 0.6 is 0 Å². The predicted molar refractivity (Wildman–Crippen MR) is 90.8 cm³/mol. The first kappa shape index (κ1) is 16.1. The van der Waals surface area contributed by atoms with Crippen molar-refractivity contribution < 1.29 is 14.0 Å². The molecule has 2 heterocycles. The standard InChI is InChI=1S/C18H21N3O3/c1-13-6-7-16-14(10-13)4-2-8-21(16)12-17(22)20-18(23)19-11-15-5-3-9-24-15/h3,5-7,9-10H,2,4,8,11-12H2,1H3,(H2,19,20,22,23). The number of fused-ring (bicyclic) bond motifs is 1. The van der Waals surface area contributed by atoms with E-state index in [0.29, 0.717) is 5.76 Å². The van der Waals surface area contributed by atoms with Gasteiger partial charge in [0, 0.05) is 12.2 Å². The molecule has 2 N–H and O–H groups in total. The number of anilines is 1. The van der Waals surface area contributed by atoms with Crippen molar-refractivity contribution >= 4 is 17.6 Å². The molecule has 126 valence electrons. The third-order valence-electron chi connectivity index (χ3n) is 4.04. The molecule has 0 fully saturated rings. The monoisotopic (exact) mass is 327 g/mol. The molecular weight excluding hydrogens is 306 g/mol. The first-order chi connectivity index (χ1) is 11.6. The highest BCUT2D eigenvalue weighted by Gasteiger charge is 2.20.